The number of allylic oxidation sites excluding steroid dienone is 2. The summed E-state index contributed by atoms with van der Waals surface area (Å²) in [4.78, 5) is 24.8. The molecule has 1 unspecified atom stereocenters. The van der Waals surface area contributed by atoms with Gasteiger partial charge in [0.1, 0.15) is 6.61 Å². The van der Waals surface area contributed by atoms with E-state index in [-0.39, 0.29) is 18.5 Å². The van der Waals surface area contributed by atoms with Crippen molar-refractivity contribution in [2.45, 2.75) is 232 Å². The Labute approximate surface area is 299 Å². The summed E-state index contributed by atoms with van der Waals surface area (Å²) in [5.41, 5.74) is 0. The summed E-state index contributed by atoms with van der Waals surface area (Å²) in [6, 6.07) is 0. The molecule has 0 fully saturated rings. The van der Waals surface area contributed by atoms with Crippen LogP contribution in [0.25, 0.3) is 0 Å². The molecule has 0 rings (SSSR count). The van der Waals surface area contributed by atoms with Gasteiger partial charge >= 0.3 is 11.9 Å². The van der Waals surface area contributed by atoms with Crippen LogP contribution in [-0.4, -0.2) is 37.9 Å². The molecule has 0 aliphatic rings. The number of carbonyl (C=O) groups excluding carboxylic acids is 2. The van der Waals surface area contributed by atoms with Gasteiger partial charge in [0.25, 0.3) is 0 Å². The SMILES string of the molecule is CCCCCCCC/C=C\CCCCCCCCCCCCOCC(COC(=O)CCCCCCCCC)OC(=O)CCCCCCC. The van der Waals surface area contributed by atoms with Gasteiger partial charge in [-0.2, -0.15) is 0 Å². The molecule has 5 heteroatoms. The van der Waals surface area contributed by atoms with E-state index in [0.29, 0.717) is 26.1 Å². The molecule has 0 saturated carbocycles. The molecule has 0 radical (unpaired) electrons. The van der Waals surface area contributed by atoms with Crippen molar-refractivity contribution in [3.8, 4) is 0 Å². The summed E-state index contributed by atoms with van der Waals surface area (Å²) in [6.07, 6.45) is 42.5. The molecule has 0 aromatic carbocycles. The first kappa shape index (κ1) is 46.6. The lowest BCUT2D eigenvalue weighted by atomic mass is 10.1. The molecule has 0 aliphatic carbocycles. The summed E-state index contributed by atoms with van der Waals surface area (Å²) in [5.74, 6) is -0.408. The second-order valence-corrected chi connectivity index (χ2v) is 14.3. The van der Waals surface area contributed by atoms with Crippen LogP contribution in [0.2, 0.25) is 0 Å². The minimum absolute atomic E-state index is 0.0901. The highest BCUT2D eigenvalue weighted by Gasteiger charge is 2.17. The topological polar surface area (TPSA) is 61.8 Å². The first-order valence-corrected chi connectivity index (χ1v) is 21.2. The second-order valence-electron chi connectivity index (χ2n) is 14.3. The standard InChI is InChI=1S/C43H82O5/c1-4-7-10-13-15-16-17-18-19-20-21-22-23-24-25-26-27-29-32-35-38-46-39-41(48-43(45)37-34-30-12-9-6-3)40-47-42(44)36-33-31-28-14-11-8-5-2/h18-19,41H,4-17,20-40H2,1-3H3/b19-18-. The predicted molar refractivity (Wildman–Crippen MR) is 206 cm³/mol. The van der Waals surface area contributed by atoms with Gasteiger partial charge in [0.15, 0.2) is 6.10 Å². The molecule has 0 saturated heterocycles. The van der Waals surface area contributed by atoms with Crippen LogP contribution in [-0.2, 0) is 23.8 Å². The zero-order valence-electron chi connectivity index (χ0n) is 32.5. The van der Waals surface area contributed by atoms with Gasteiger partial charge in [0.05, 0.1) is 6.61 Å². The van der Waals surface area contributed by atoms with Crippen molar-refractivity contribution in [3.05, 3.63) is 12.2 Å². The van der Waals surface area contributed by atoms with Gasteiger partial charge in [-0.25, -0.2) is 0 Å². The van der Waals surface area contributed by atoms with Crippen LogP contribution >= 0.6 is 0 Å². The fourth-order valence-electron chi connectivity index (χ4n) is 6.09. The maximum Gasteiger partial charge on any atom is 0.306 e. The predicted octanol–water partition coefficient (Wildman–Crippen LogP) is 13.6. The Morgan fingerprint density at radius 2 is 0.812 bits per heavy atom. The minimum atomic E-state index is -0.521. The summed E-state index contributed by atoms with van der Waals surface area (Å²) >= 11 is 0. The Morgan fingerprint density at radius 1 is 0.438 bits per heavy atom. The zero-order valence-corrected chi connectivity index (χ0v) is 32.5. The van der Waals surface area contributed by atoms with Crippen LogP contribution < -0.4 is 0 Å². The Balaban J connectivity index is 3.92. The molecule has 48 heavy (non-hydrogen) atoms. The van der Waals surface area contributed by atoms with E-state index in [1.54, 1.807) is 0 Å². The van der Waals surface area contributed by atoms with E-state index in [0.717, 1.165) is 38.5 Å². The van der Waals surface area contributed by atoms with E-state index in [9.17, 15) is 9.59 Å². The van der Waals surface area contributed by atoms with E-state index in [2.05, 4.69) is 32.9 Å². The van der Waals surface area contributed by atoms with Crippen molar-refractivity contribution in [1.29, 1.82) is 0 Å². The Hall–Kier alpha value is -1.36. The molecule has 0 aliphatic heterocycles. The highest BCUT2D eigenvalue weighted by molar-refractivity contribution is 5.70. The van der Waals surface area contributed by atoms with Crippen LogP contribution in [0.4, 0.5) is 0 Å². The Kier molecular flexibility index (Phi) is 38.9. The summed E-state index contributed by atoms with van der Waals surface area (Å²) in [5, 5.41) is 0. The van der Waals surface area contributed by atoms with E-state index < -0.39 is 6.10 Å². The maximum atomic E-state index is 12.5. The number of ether oxygens (including phenoxy) is 3. The van der Waals surface area contributed by atoms with Crippen molar-refractivity contribution in [2.24, 2.45) is 0 Å². The molecule has 1 atom stereocenters. The highest BCUT2D eigenvalue weighted by atomic mass is 16.6. The molecular formula is C43H82O5. The molecule has 0 spiro atoms. The van der Waals surface area contributed by atoms with E-state index >= 15 is 0 Å². The fourth-order valence-corrected chi connectivity index (χ4v) is 6.09. The third-order valence-corrected chi connectivity index (χ3v) is 9.30. The van der Waals surface area contributed by atoms with Crippen molar-refractivity contribution < 1.29 is 23.8 Å². The number of hydrogen-bond acceptors (Lipinski definition) is 5. The molecule has 284 valence electrons. The lowest BCUT2D eigenvalue weighted by Crippen LogP contribution is -2.30. The number of carbonyl (C=O) groups is 2. The first-order valence-electron chi connectivity index (χ1n) is 21.2. The largest absolute Gasteiger partial charge is 0.462 e. The maximum absolute atomic E-state index is 12.5. The third kappa shape index (κ3) is 37.5. The lowest BCUT2D eigenvalue weighted by Gasteiger charge is -2.18. The molecule has 0 aromatic heterocycles. The van der Waals surface area contributed by atoms with E-state index in [4.69, 9.17) is 14.2 Å². The molecule has 5 nitrogen and oxygen atoms in total. The number of esters is 2. The molecule has 0 heterocycles. The van der Waals surface area contributed by atoms with Crippen LogP contribution in [0.5, 0.6) is 0 Å². The second kappa shape index (κ2) is 40.1. The average Bonchev–Trinajstić information content (AvgIpc) is 3.08. The summed E-state index contributed by atoms with van der Waals surface area (Å²) in [6.45, 7) is 7.73. The van der Waals surface area contributed by atoms with Gasteiger partial charge in [-0.3, -0.25) is 9.59 Å². The Bertz CT molecular complexity index is 691. The van der Waals surface area contributed by atoms with Crippen LogP contribution in [0.3, 0.4) is 0 Å². The van der Waals surface area contributed by atoms with E-state index in [1.807, 2.05) is 0 Å². The molecule has 0 aromatic rings. The van der Waals surface area contributed by atoms with Gasteiger partial charge in [-0.05, 0) is 44.9 Å². The van der Waals surface area contributed by atoms with E-state index in [1.165, 1.54) is 154 Å². The van der Waals surface area contributed by atoms with Crippen molar-refractivity contribution in [2.75, 3.05) is 19.8 Å². The molecular weight excluding hydrogens is 596 g/mol. The first-order chi connectivity index (χ1) is 23.6. The zero-order chi connectivity index (χ0) is 35.0. The van der Waals surface area contributed by atoms with Gasteiger partial charge < -0.3 is 14.2 Å². The summed E-state index contributed by atoms with van der Waals surface area (Å²) in [7, 11) is 0. The van der Waals surface area contributed by atoms with Gasteiger partial charge in [-0.15, -0.1) is 0 Å². The van der Waals surface area contributed by atoms with Crippen LogP contribution in [0.1, 0.15) is 226 Å². The Morgan fingerprint density at radius 3 is 1.27 bits per heavy atom. The van der Waals surface area contributed by atoms with Gasteiger partial charge in [-0.1, -0.05) is 181 Å². The summed E-state index contributed by atoms with van der Waals surface area (Å²) < 4.78 is 17.1. The number of unbranched alkanes of at least 4 members (excludes halogenated alkanes) is 26. The number of rotatable bonds is 39. The number of hydrogen-bond donors (Lipinski definition) is 0. The normalized spacial score (nSPS) is 12.1. The van der Waals surface area contributed by atoms with Crippen LogP contribution in [0, 0.1) is 0 Å². The quantitative estimate of drug-likeness (QED) is 0.0368. The fraction of sp³-hybridized carbons (Fsp3) is 0.907. The molecule has 0 bridgehead atoms. The van der Waals surface area contributed by atoms with Crippen molar-refractivity contribution in [3.63, 3.8) is 0 Å². The molecule has 0 N–H and O–H groups in total. The third-order valence-electron chi connectivity index (χ3n) is 9.30. The average molecular weight is 679 g/mol. The van der Waals surface area contributed by atoms with Gasteiger partial charge in [0, 0.05) is 19.4 Å². The minimum Gasteiger partial charge on any atom is -0.462 e. The monoisotopic (exact) mass is 679 g/mol. The van der Waals surface area contributed by atoms with Gasteiger partial charge in [0.2, 0.25) is 0 Å². The smallest absolute Gasteiger partial charge is 0.306 e. The molecule has 0 amide bonds. The van der Waals surface area contributed by atoms with Crippen molar-refractivity contribution in [1.82, 2.24) is 0 Å². The van der Waals surface area contributed by atoms with Crippen molar-refractivity contribution >= 4 is 11.9 Å². The lowest BCUT2D eigenvalue weighted by molar-refractivity contribution is -0.163. The van der Waals surface area contributed by atoms with Crippen LogP contribution in [0.15, 0.2) is 12.2 Å². The highest BCUT2D eigenvalue weighted by Crippen LogP contribution is 2.14.